The predicted octanol–water partition coefficient (Wildman–Crippen LogP) is 8.20. The topological polar surface area (TPSA) is 18.5 Å². The molecule has 151 valence electrons. The number of unbranched alkanes of at least 4 members (excludes halogenated alkanes) is 14. The second kappa shape index (κ2) is 22.0. The summed E-state index contributed by atoms with van der Waals surface area (Å²) in [6.45, 7) is 8.33. The lowest BCUT2D eigenvalue weighted by atomic mass is 10.1. The molecule has 2 nitrogen and oxygen atoms in total. The van der Waals surface area contributed by atoms with Gasteiger partial charge in [0.2, 0.25) is 6.29 Å². The van der Waals surface area contributed by atoms with Crippen LogP contribution in [-0.2, 0) is 9.47 Å². The normalized spacial score (nSPS) is 11.5. The summed E-state index contributed by atoms with van der Waals surface area (Å²) in [5, 5.41) is 0. The maximum absolute atomic E-state index is 5.80. The maximum atomic E-state index is 5.80. The van der Waals surface area contributed by atoms with Crippen LogP contribution < -0.4 is 0 Å². The Hall–Kier alpha value is -0.0800. The molecule has 2 heteroatoms. The van der Waals surface area contributed by atoms with Crippen LogP contribution in [0.15, 0.2) is 0 Å². The van der Waals surface area contributed by atoms with Gasteiger partial charge in [-0.1, -0.05) is 111 Å². The van der Waals surface area contributed by atoms with Crippen LogP contribution in [0.3, 0.4) is 0 Å². The lowest BCUT2D eigenvalue weighted by molar-refractivity contribution is -0.0507. The summed E-state index contributed by atoms with van der Waals surface area (Å²) < 4.78 is 11.6. The first-order valence-electron chi connectivity index (χ1n) is 11.5. The van der Waals surface area contributed by atoms with Gasteiger partial charge in [0.1, 0.15) is 0 Å². The van der Waals surface area contributed by atoms with Gasteiger partial charge in [0.25, 0.3) is 0 Å². The van der Waals surface area contributed by atoms with Gasteiger partial charge < -0.3 is 9.47 Å². The molecule has 0 amide bonds. The molecular formula is C23H47O2. The number of ether oxygens (including phenoxy) is 2. The highest BCUT2D eigenvalue weighted by atomic mass is 16.7. The van der Waals surface area contributed by atoms with E-state index >= 15 is 0 Å². The summed E-state index contributed by atoms with van der Waals surface area (Å²) in [6, 6.07) is 0. The average molecular weight is 356 g/mol. The molecule has 0 N–H and O–H groups in total. The van der Waals surface area contributed by atoms with Crippen LogP contribution in [-0.4, -0.2) is 13.2 Å². The second-order valence-corrected chi connectivity index (χ2v) is 7.37. The third-order valence-corrected chi connectivity index (χ3v) is 4.81. The smallest absolute Gasteiger partial charge is 0.223 e. The lowest BCUT2D eigenvalue weighted by Gasteiger charge is -2.15. The largest absolute Gasteiger partial charge is 0.345 e. The highest BCUT2D eigenvalue weighted by molar-refractivity contribution is 4.62. The Balaban J connectivity index is 3.28. The van der Waals surface area contributed by atoms with Crippen LogP contribution >= 0.6 is 0 Å². The second-order valence-electron chi connectivity index (χ2n) is 7.37. The van der Waals surface area contributed by atoms with Gasteiger partial charge in [-0.25, -0.2) is 0 Å². The molecule has 0 heterocycles. The highest BCUT2D eigenvalue weighted by Crippen LogP contribution is 2.14. The SMILES string of the molecule is CCCCCCCCCCO[C](CC)OCCCCCCCCCC. The minimum absolute atomic E-state index is 0.829. The molecule has 0 unspecified atom stereocenters. The van der Waals surface area contributed by atoms with Gasteiger partial charge in [-0.05, 0) is 12.8 Å². The fraction of sp³-hybridized carbons (Fsp3) is 0.957. The van der Waals surface area contributed by atoms with Gasteiger partial charge in [-0.15, -0.1) is 0 Å². The van der Waals surface area contributed by atoms with Gasteiger partial charge in [0.15, 0.2) is 0 Å². The molecule has 0 aromatic heterocycles. The third-order valence-electron chi connectivity index (χ3n) is 4.81. The quantitative estimate of drug-likeness (QED) is 0.193. The van der Waals surface area contributed by atoms with Gasteiger partial charge in [0.05, 0.1) is 13.2 Å². The van der Waals surface area contributed by atoms with Crippen molar-refractivity contribution in [2.45, 2.75) is 130 Å². The van der Waals surface area contributed by atoms with Crippen molar-refractivity contribution in [3.05, 3.63) is 6.29 Å². The van der Waals surface area contributed by atoms with Crippen LogP contribution in [0.1, 0.15) is 130 Å². The van der Waals surface area contributed by atoms with E-state index in [1.807, 2.05) is 0 Å². The van der Waals surface area contributed by atoms with E-state index < -0.39 is 0 Å². The van der Waals surface area contributed by atoms with E-state index in [1.165, 1.54) is 103 Å². The summed E-state index contributed by atoms with van der Waals surface area (Å²) in [6.07, 6.45) is 23.2. The lowest BCUT2D eigenvalue weighted by Crippen LogP contribution is -2.09. The van der Waals surface area contributed by atoms with Crippen LogP contribution in [0, 0.1) is 6.29 Å². The molecule has 0 saturated carbocycles. The molecule has 0 spiro atoms. The minimum atomic E-state index is 0.829. The maximum Gasteiger partial charge on any atom is 0.223 e. The van der Waals surface area contributed by atoms with E-state index in [1.54, 1.807) is 0 Å². The van der Waals surface area contributed by atoms with Crippen molar-refractivity contribution in [2.24, 2.45) is 0 Å². The molecule has 0 saturated heterocycles. The van der Waals surface area contributed by atoms with Crippen LogP contribution in [0.5, 0.6) is 0 Å². The standard InChI is InChI=1S/C23H47O2/c1-4-7-9-11-13-15-17-19-21-24-23(6-3)25-22-20-18-16-14-12-10-8-5-2/h4-22H2,1-3H3. The Kier molecular flexibility index (Phi) is 21.9. The van der Waals surface area contributed by atoms with Crippen LogP contribution in [0.25, 0.3) is 0 Å². The molecule has 0 aliphatic carbocycles. The molecule has 0 aliphatic rings. The molecule has 0 fully saturated rings. The van der Waals surface area contributed by atoms with Crippen LogP contribution in [0.4, 0.5) is 0 Å². The first-order chi connectivity index (χ1) is 12.3. The Morgan fingerprint density at radius 2 is 0.760 bits per heavy atom. The monoisotopic (exact) mass is 355 g/mol. The first kappa shape index (κ1) is 24.9. The molecule has 0 aromatic rings. The van der Waals surface area contributed by atoms with E-state index in [-0.39, 0.29) is 0 Å². The molecule has 0 aromatic carbocycles. The van der Waals surface area contributed by atoms with Crippen molar-refractivity contribution in [2.75, 3.05) is 13.2 Å². The Morgan fingerprint density at radius 1 is 0.440 bits per heavy atom. The number of rotatable bonds is 21. The highest BCUT2D eigenvalue weighted by Gasteiger charge is 2.08. The van der Waals surface area contributed by atoms with Crippen molar-refractivity contribution >= 4 is 0 Å². The first-order valence-corrected chi connectivity index (χ1v) is 11.5. The summed E-state index contributed by atoms with van der Waals surface area (Å²) in [7, 11) is 0. The summed E-state index contributed by atoms with van der Waals surface area (Å²) >= 11 is 0. The zero-order chi connectivity index (χ0) is 18.4. The Labute approximate surface area is 159 Å². The molecule has 0 aliphatic heterocycles. The summed E-state index contributed by atoms with van der Waals surface area (Å²) in [4.78, 5) is 0. The molecule has 1 radical (unpaired) electrons. The van der Waals surface area contributed by atoms with Gasteiger partial charge in [-0.3, -0.25) is 0 Å². The molecule has 0 bridgehead atoms. The van der Waals surface area contributed by atoms with Crippen LogP contribution in [0.2, 0.25) is 0 Å². The third kappa shape index (κ3) is 20.1. The Bertz CT molecular complexity index is 208. The van der Waals surface area contributed by atoms with E-state index in [0.29, 0.717) is 0 Å². The predicted molar refractivity (Wildman–Crippen MR) is 111 cm³/mol. The van der Waals surface area contributed by atoms with Gasteiger partial charge in [-0.2, -0.15) is 0 Å². The van der Waals surface area contributed by atoms with E-state index in [0.717, 1.165) is 25.9 Å². The van der Waals surface area contributed by atoms with E-state index in [9.17, 15) is 0 Å². The van der Waals surface area contributed by atoms with E-state index in [2.05, 4.69) is 20.8 Å². The fourth-order valence-electron chi connectivity index (χ4n) is 3.09. The zero-order valence-corrected chi connectivity index (χ0v) is 17.8. The van der Waals surface area contributed by atoms with Crippen molar-refractivity contribution in [1.82, 2.24) is 0 Å². The summed E-state index contributed by atoms with van der Waals surface area (Å²) in [5.41, 5.74) is 0. The van der Waals surface area contributed by atoms with Crippen molar-refractivity contribution in [3.63, 3.8) is 0 Å². The number of hydrogen-bond acceptors (Lipinski definition) is 2. The fourth-order valence-corrected chi connectivity index (χ4v) is 3.09. The molecule has 0 atom stereocenters. The van der Waals surface area contributed by atoms with Crippen molar-refractivity contribution < 1.29 is 9.47 Å². The van der Waals surface area contributed by atoms with Gasteiger partial charge >= 0.3 is 0 Å². The van der Waals surface area contributed by atoms with E-state index in [4.69, 9.17) is 9.47 Å². The average Bonchev–Trinajstić information content (AvgIpc) is 2.63. The molecule has 0 rings (SSSR count). The minimum Gasteiger partial charge on any atom is -0.345 e. The van der Waals surface area contributed by atoms with Crippen molar-refractivity contribution in [3.8, 4) is 0 Å². The summed E-state index contributed by atoms with van der Waals surface area (Å²) in [5.74, 6) is 0. The number of hydrogen-bond donors (Lipinski definition) is 0. The zero-order valence-electron chi connectivity index (χ0n) is 17.8. The van der Waals surface area contributed by atoms with Crippen molar-refractivity contribution in [1.29, 1.82) is 0 Å². The molecular weight excluding hydrogens is 308 g/mol. The van der Waals surface area contributed by atoms with Gasteiger partial charge in [0, 0.05) is 6.42 Å². The Morgan fingerprint density at radius 3 is 1.08 bits per heavy atom. The molecule has 25 heavy (non-hydrogen) atoms.